The lowest BCUT2D eigenvalue weighted by Gasteiger charge is -2.26. The molecule has 1 heterocycles. The van der Waals surface area contributed by atoms with Crippen LogP contribution in [0.3, 0.4) is 0 Å². The molecular weight excluding hydrogens is 701 g/mol. The summed E-state index contributed by atoms with van der Waals surface area (Å²) in [6, 6.07) is 83.7. The largest absolute Gasteiger partial charge is 0.311 e. The van der Waals surface area contributed by atoms with Crippen molar-refractivity contribution in [3.8, 4) is 39.1 Å². The summed E-state index contributed by atoms with van der Waals surface area (Å²) in [5.74, 6) is 0. The Morgan fingerprint density at radius 2 is 0.638 bits per heavy atom. The summed E-state index contributed by atoms with van der Waals surface area (Å²) in [4.78, 5) is 2.33. The van der Waals surface area contributed by atoms with Gasteiger partial charge in [-0.25, -0.2) is 0 Å². The van der Waals surface area contributed by atoms with Crippen LogP contribution in [0.5, 0.6) is 0 Å². The molecule has 11 aromatic rings. The number of para-hydroxylation sites is 1. The fraction of sp³-hybridized carbons (Fsp3) is 0. The number of aromatic nitrogens is 1. The van der Waals surface area contributed by atoms with E-state index in [2.05, 4.69) is 240 Å². The SMILES string of the molecule is c1ccc(-c2ccc(N(c3ccccc3)c3ccc(-n4c5ccc(-c6ccc7ccccc7c6)cc5c5cc(-c6ccc7ccccc7c6)ccc54)cc3)cc2)cc1. The Morgan fingerprint density at radius 1 is 0.259 bits per heavy atom. The molecule has 0 saturated heterocycles. The zero-order valence-corrected chi connectivity index (χ0v) is 31.8. The van der Waals surface area contributed by atoms with E-state index in [1.54, 1.807) is 0 Å². The minimum absolute atomic E-state index is 1.10. The van der Waals surface area contributed by atoms with Crippen molar-refractivity contribution in [2.24, 2.45) is 0 Å². The zero-order chi connectivity index (χ0) is 38.4. The Morgan fingerprint density at radius 3 is 1.17 bits per heavy atom. The lowest BCUT2D eigenvalue weighted by atomic mass is 9.98. The van der Waals surface area contributed by atoms with Crippen LogP contribution in [-0.4, -0.2) is 4.57 Å². The number of anilines is 3. The van der Waals surface area contributed by atoms with Crippen molar-refractivity contribution in [3.63, 3.8) is 0 Å². The standard InChI is InChI=1S/C56H38N2/c1-3-11-39(12-4-1)42-23-27-50(28-24-42)57(49-17-5-2-6-18-49)51-29-31-52(32-30-51)58-55-33-25-47(45-21-19-40-13-7-9-15-43(40)35-45)37-53(55)54-38-48(26-34-56(54)58)46-22-20-41-14-8-10-16-44(41)36-46/h1-38H. The lowest BCUT2D eigenvalue weighted by molar-refractivity contribution is 1.17. The van der Waals surface area contributed by atoms with E-state index < -0.39 is 0 Å². The van der Waals surface area contributed by atoms with Gasteiger partial charge in [-0.05, 0) is 140 Å². The molecular formula is C56H38N2. The summed E-state index contributed by atoms with van der Waals surface area (Å²) in [5.41, 5.74) is 14.1. The third kappa shape index (κ3) is 6.00. The molecule has 0 saturated carbocycles. The van der Waals surface area contributed by atoms with Gasteiger partial charge in [0, 0.05) is 33.5 Å². The van der Waals surface area contributed by atoms with E-state index in [1.165, 1.54) is 76.7 Å². The first-order valence-electron chi connectivity index (χ1n) is 19.9. The van der Waals surface area contributed by atoms with Gasteiger partial charge in [0.15, 0.2) is 0 Å². The Kier molecular flexibility index (Phi) is 8.19. The molecule has 0 unspecified atom stereocenters. The predicted octanol–water partition coefficient (Wildman–Crippen LogP) is 15.6. The Labute approximate surface area is 338 Å². The average Bonchev–Trinajstić information content (AvgIpc) is 3.63. The van der Waals surface area contributed by atoms with E-state index in [0.29, 0.717) is 0 Å². The molecule has 58 heavy (non-hydrogen) atoms. The van der Waals surface area contributed by atoms with E-state index in [0.717, 1.165) is 22.7 Å². The second kappa shape index (κ2) is 14.1. The molecule has 0 fully saturated rings. The zero-order valence-electron chi connectivity index (χ0n) is 31.8. The highest BCUT2D eigenvalue weighted by molar-refractivity contribution is 6.12. The molecule has 11 rings (SSSR count). The Balaban J connectivity index is 1.04. The highest BCUT2D eigenvalue weighted by atomic mass is 15.1. The normalized spacial score (nSPS) is 11.4. The van der Waals surface area contributed by atoms with Crippen LogP contribution in [0.25, 0.3) is 82.4 Å². The van der Waals surface area contributed by atoms with Gasteiger partial charge in [-0.2, -0.15) is 0 Å². The van der Waals surface area contributed by atoms with E-state index in [4.69, 9.17) is 0 Å². The monoisotopic (exact) mass is 738 g/mol. The van der Waals surface area contributed by atoms with Crippen molar-refractivity contribution in [3.05, 3.63) is 231 Å². The second-order valence-corrected chi connectivity index (χ2v) is 15.0. The first-order valence-corrected chi connectivity index (χ1v) is 19.9. The summed E-state index contributed by atoms with van der Waals surface area (Å²) in [7, 11) is 0. The molecule has 0 radical (unpaired) electrons. The van der Waals surface area contributed by atoms with Gasteiger partial charge in [0.2, 0.25) is 0 Å². The molecule has 0 bridgehead atoms. The van der Waals surface area contributed by atoms with Crippen molar-refractivity contribution in [1.82, 2.24) is 4.57 Å². The fourth-order valence-corrected chi connectivity index (χ4v) is 8.61. The van der Waals surface area contributed by atoms with Gasteiger partial charge < -0.3 is 9.47 Å². The van der Waals surface area contributed by atoms with E-state index in [1.807, 2.05) is 0 Å². The predicted molar refractivity (Wildman–Crippen MR) is 247 cm³/mol. The van der Waals surface area contributed by atoms with Crippen LogP contribution in [0.4, 0.5) is 17.1 Å². The molecule has 0 atom stereocenters. The molecule has 272 valence electrons. The molecule has 2 heteroatoms. The summed E-state index contributed by atoms with van der Waals surface area (Å²) < 4.78 is 2.42. The summed E-state index contributed by atoms with van der Waals surface area (Å²) in [6.07, 6.45) is 0. The van der Waals surface area contributed by atoms with Crippen LogP contribution in [0.1, 0.15) is 0 Å². The van der Waals surface area contributed by atoms with E-state index in [9.17, 15) is 0 Å². The van der Waals surface area contributed by atoms with E-state index in [-0.39, 0.29) is 0 Å². The summed E-state index contributed by atoms with van der Waals surface area (Å²) >= 11 is 0. The fourth-order valence-electron chi connectivity index (χ4n) is 8.61. The smallest absolute Gasteiger partial charge is 0.0541 e. The number of benzene rings is 10. The third-order valence-electron chi connectivity index (χ3n) is 11.5. The Bertz CT molecular complexity index is 3120. The van der Waals surface area contributed by atoms with Crippen molar-refractivity contribution in [2.75, 3.05) is 4.90 Å². The van der Waals surface area contributed by atoms with Crippen molar-refractivity contribution < 1.29 is 0 Å². The second-order valence-electron chi connectivity index (χ2n) is 15.0. The minimum atomic E-state index is 1.10. The number of fused-ring (bicyclic) bond motifs is 5. The van der Waals surface area contributed by atoms with Crippen LogP contribution >= 0.6 is 0 Å². The number of hydrogen-bond donors (Lipinski definition) is 0. The first-order chi connectivity index (χ1) is 28.7. The van der Waals surface area contributed by atoms with Gasteiger partial charge in [-0.3, -0.25) is 0 Å². The summed E-state index contributed by atoms with van der Waals surface area (Å²) in [5, 5.41) is 7.47. The van der Waals surface area contributed by atoms with Gasteiger partial charge in [0.05, 0.1) is 11.0 Å². The van der Waals surface area contributed by atoms with Crippen LogP contribution < -0.4 is 4.90 Å². The molecule has 0 amide bonds. The molecule has 1 aromatic heterocycles. The van der Waals surface area contributed by atoms with Crippen molar-refractivity contribution >= 4 is 60.4 Å². The molecule has 2 nitrogen and oxygen atoms in total. The highest BCUT2D eigenvalue weighted by Gasteiger charge is 2.17. The molecule has 0 aliphatic rings. The Hall–Kier alpha value is -7.68. The maximum atomic E-state index is 2.42. The van der Waals surface area contributed by atoms with E-state index >= 15 is 0 Å². The van der Waals surface area contributed by atoms with Gasteiger partial charge >= 0.3 is 0 Å². The van der Waals surface area contributed by atoms with Crippen LogP contribution in [0.15, 0.2) is 231 Å². The minimum Gasteiger partial charge on any atom is -0.311 e. The van der Waals surface area contributed by atoms with Gasteiger partial charge in [-0.1, -0.05) is 146 Å². The van der Waals surface area contributed by atoms with Gasteiger partial charge in [-0.15, -0.1) is 0 Å². The average molecular weight is 739 g/mol. The molecule has 0 spiro atoms. The number of nitrogens with zero attached hydrogens (tertiary/aromatic N) is 2. The molecule has 0 aliphatic carbocycles. The highest BCUT2D eigenvalue weighted by Crippen LogP contribution is 2.40. The molecule has 0 N–H and O–H groups in total. The van der Waals surface area contributed by atoms with Gasteiger partial charge in [0.1, 0.15) is 0 Å². The quantitative estimate of drug-likeness (QED) is 0.158. The maximum absolute atomic E-state index is 2.42. The molecule has 0 aliphatic heterocycles. The topological polar surface area (TPSA) is 8.17 Å². The first kappa shape index (κ1) is 33.6. The van der Waals surface area contributed by atoms with Crippen molar-refractivity contribution in [1.29, 1.82) is 0 Å². The molecule has 10 aromatic carbocycles. The third-order valence-corrected chi connectivity index (χ3v) is 11.5. The van der Waals surface area contributed by atoms with Crippen LogP contribution in [0.2, 0.25) is 0 Å². The maximum Gasteiger partial charge on any atom is 0.0541 e. The van der Waals surface area contributed by atoms with Crippen molar-refractivity contribution in [2.45, 2.75) is 0 Å². The number of hydrogen-bond acceptors (Lipinski definition) is 1. The summed E-state index contributed by atoms with van der Waals surface area (Å²) in [6.45, 7) is 0. The van der Waals surface area contributed by atoms with Crippen LogP contribution in [-0.2, 0) is 0 Å². The van der Waals surface area contributed by atoms with Crippen LogP contribution in [0, 0.1) is 0 Å². The van der Waals surface area contributed by atoms with Gasteiger partial charge in [0.25, 0.3) is 0 Å². The number of rotatable bonds is 7. The lowest BCUT2D eigenvalue weighted by Crippen LogP contribution is -2.10.